The second kappa shape index (κ2) is 6.83. The molecule has 0 saturated heterocycles. The number of hydrogen-bond donors (Lipinski definition) is 0. The molecule has 0 aromatic heterocycles. The van der Waals surface area contributed by atoms with Crippen LogP contribution in [0.4, 0.5) is 26.3 Å². The number of carbonyl (C=O) groups is 1. The molecule has 0 aromatic carbocycles. The van der Waals surface area contributed by atoms with Gasteiger partial charge in [0.1, 0.15) is 12.4 Å². The molecule has 0 N–H and O–H groups in total. The Hall–Kier alpha value is -0.790. The van der Waals surface area contributed by atoms with Gasteiger partial charge in [-0.3, -0.25) is 4.79 Å². The van der Waals surface area contributed by atoms with Crippen molar-refractivity contribution in [3.8, 4) is 0 Å². The average molecular weight is 266 g/mol. The first-order chi connectivity index (χ1) is 7.60. The minimum absolute atomic E-state index is 0.297. The van der Waals surface area contributed by atoms with Crippen LogP contribution in [0.25, 0.3) is 0 Å². The zero-order valence-electron chi connectivity index (χ0n) is 8.83. The van der Waals surface area contributed by atoms with Gasteiger partial charge >= 0.3 is 12.4 Å². The van der Waals surface area contributed by atoms with Crippen molar-refractivity contribution in [1.82, 2.24) is 0 Å². The second-order valence-electron chi connectivity index (χ2n) is 3.43. The van der Waals surface area contributed by atoms with Crippen LogP contribution in [0.15, 0.2) is 0 Å². The van der Waals surface area contributed by atoms with Crippen molar-refractivity contribution in [1.29, 1.82) is 0 Å². The summed E-state index contributed by atoms with van der Waals surface area (Å²) in [4.78, 5) is 10.9. The van der Waals surface area contributed by atoms with Crippen LogP contribution in [0.2, 0.25) is 0 Å². The maximum absolute atomic E-state index is 11.7. The fourth-order valence-corrected chi connectivity index (χ4v) is 0.985. The Kier molecular flexibility index (Phi) is 6.51. The molecule has 2 nitrogen and oxygen atoms in total. The highest BCUT2D eigenvalue weighted by atomic mass is 19.4. The van der Waals surface area contributed by atoms with E-state index in [4.69, 9.17) is 0 Å². The fourth-order valence-electron chi connectivity index (χ4n) is 0.985. The summed E-state index contributed by atoms with van der Waals surface area (Å²) in [6, 6.07) is 0. The van der Waals surface area contributed by atoms with Gasteiger partial charge in [-0.1, -0.05) is 0 Å². The Labute approximate surface area is 93.9 Å². The molecule has 0 atom stereocenters. The van der Waals surface area contributed by atoms with Gasteiger partial charge in [0, 0.05) is 19.3 Å². The number of carbonyl (C=O) groups excluding carboxylic acids is 1. The van der Waals surface area contributed by atoms with Crippen LogP contribution >= 0.6 is 0 Å². The van der Waals surface area contributed by atoms with E-state index in [0.29, 0.717) is 0 Å². The smallest absolute Gasteiger partial charge is 0.372 e. The van der Waals surface area contributed by atoms with Gasteiger partial charge in [-0.15, -0.1) is 0 Å². The van der Waals surface area contributed by atoms with E-state index < -0.39 is 37.8 Å². The molecular formula is C9H12F6O2. The molecular weight excluding hydrogens is 254 g/mol. The molecule has 0 bridgehead atoms. The molecule has 0 amide bonds. The molecule has 17 heavy (non-hydrogen) atoms. The summed E-state index contributed by atoms with van der Waals surface area (Å²) in [7, 11) is 0. The van der Waals surface area contributed by atoms with Crippen molar-refractivity contribution in [2.75, 3.05) is 13.2 Å². The molecule has 0 aliphatic rings. The van der Waals surface area contributed by atoms with Gasteiger partial charge in [0.15, 0.2) is 0 Å². The molecule has 0 aromatic rings. The molecule has 0 rings (SSSR count). The second-order valence-corrected chi connectivity index (χ2v) is 3.43. The lowest BCUT2D eigenvalue weighted by molar-refractivity contribution is -0.174. The summed E-state index contributed by atoms with van der Waals surface area (Å²) in [5, 5.41) is 0. The largest absolute Gasteiger partial charge is 0.411 e. The van der Waals surface area contributed by atoms with Gasteiger partial charge in [0.05, 0.1) is 6.61 Å². The molecule has 0 saturated carbocycles. The standard InChI is InChI=1S/C9H12F6O2/c10-8(11,12)4-1-2-7(16)3-5-17-6-9(13,14)15/h1-6H2. The lowest BCUT2D eigenvalue weighted by Gasteiger charge is -2.07. The van der Waals surface area contributed by atoms with Gasteiger partial charge in [0.25, 0.3) is 0 Å². The first kappa shape index (κ1) is 16.2. The van der Waals surface area contributed by atoms with E-state index >= 15 is 0 Å². The fraction of sp³-hybridized carbons (Fsp3) is 0.889. The molecule has 0 heterocycles. The SMILES string of the molecule is O=C(CCCC(F)(F)F)CCOCC(F)(F)F. The zero-order chi connectivity index (χ0) is 13.5. The molecule has 0 aliphatic carbocycles. The third kappa shape index (κ3) is 13.1. The van der Waals surface area contributed by atoms with Crippen LogP contribution in [0.5, 0.6) is 0 Å². The average Bonchev–Trinajstić information content (AvgIpc) is 2.09. The van der Waals surface area contributed by atoms with Crippen molar-refractivity contribution in [2.45, 2.75) is 38.0 Å². The normalized spacial score (nSPS) is 12.8. The van der Waals surface area contributed by atoms with Crippen LogP contribution in [-0.4, -0.2) is 31.3 Å². The minimum atomic E-state index is -4.46. The number of hydrogen-bond acceptors (Lipinski definition) is 2. The molecule has 0 fully saturated rings. The maximum Gasteiger partial charge on any atom is 0.411 e. The van der Waals surface area contributed by atoms with Crippen LogP contribution in [0.1, 0.15) is 25.7 Å². The van der Waals surface area contributed by atoms with Crippen LogP contribution in [0, 0.1) is 0 Å². The zero-order valence-corrected chi connectivity index (χ0v) is 8.83. The molecule has 0 unspecified atom stereocenters. The monoisotopic (exact) mass is 266 g/mol. The summed E-state index contributed by atoms with van der Waals surface area (Å²) >= 11 is 0. The lowest BCUT2D eigenvalue weighted by atomic mass is 10.1. The van der Waals surface area contributed by atoms with E-state index in [0.717, 1.165) is 0 Å². The van der Waals surface area contributed by atoms with E-state index in [-0.39, 0.29) is 19.3 Å². The van der Waals surface area contributed by atoms with E-state index in [2.05, 4.69) is 4.74 Å². The Bertz CT molecular complexity index is 233. The van der Waals surface area contributed by atoms with Crippen LogP contribution < -0.4 is 0 Å². The molecule has 102 valence electrons. The molecule has 0 spiro atoms. The number of ether oxygens (including phenoxy) is 1. The van der Waals surface area contributed by atoms with Crippen molar-refractivity contribution in [3.63, 3.8) is 0 Å². The third-order valence-corrected chi connectivity index (χ3v) is 1.71. The van der Waals surface area contributed by atoms with Crippen molar-refractivity contribution in [3.05, 3.63) is 0 Å². The van der Waals surface area contributed by atoms with Gasteiger partial charge in [0.2, 0.25) is 0 Å². The van der Waals surface area contributed by atoms with Crippen molar-refractivity contribution in [2.24, 2.45) is 0 Å². The Morgan fingerprint density at radius 2 is 1.53 bits per heavy atom. The number of rotatable bonds is 7. The summed E-state index contributed by atoms with van der Waals surface area (Å²) in [5.41, 5.74) is 0. The number of halogens is 6. The summed E-state index contributed by atoms with van der Waals surface area (Å²) < 4.78 is 73.9. The quantitative estimate of drug-likeness (QED) is 0.522. The number of Topliss-reactive ketones (excluding diaryl/α,β-unsaturated/α-hetero) is 1. The maximum atomic E-state index is 11.7. The van der Waals surface area contributed by atoms with Gasteiger partial charge in [-0.05, 0) is 6.42 Å². The number of ketones is 1. The third-order valence-electron chi connectivity index (χ3n) is 1.71. The van der Waals surface area contributed by atoms with E-state index in [9.17, 15) is 31.1 Å². The predicted molar refractivity (Wildman–Crippen MR) is 46.4 cm³/mol. The van der Waals surface area contributed by atoms with E-state index in [1.165, 1.54) is 0 Å². The van der Waals surface area contributed by atoms with Crippen molar-refractivity contribution < 1.29 is 35.9 Å². The highest BCUT2D eigenvalue weighted by Gasteiger charge is 2.28. The van der Waals surface area contributed by atoms with Crippen LogP contribution in [0.3, 0.4) is 0 Å². The van der Waals surface area contributed by atoms with Gasteiger partial charge < -0.3 is 4.74 Å². The van der Waals surface area contributed by atoms with E-state index in [1.54, 1.807) is 0 Å². The predicted octanol–water partition coefficient (Wildman–Crippen LogP) is 3.26. The summed E-state index contributed by atoms with van der Waals surface area (Å²) in [6.07, 6.45) is -10.8. The Balaban J connectivity index is 3.48. The van der Waals surface area contributed by atoms with Gasteiger partial charge in [-0.2, -0.15) is 26.3 Å². The molecule has 0 aliphatic heterocycles. The topological polar surface area (TPSA) is 26.3 Å². The molecule has 8 heteroatoms. The summed E-state index contributed by atoms with van der Waals surface area (Å²) in [6.45, 7) is -1.88. The highest BCUT2D eigenvalue weighted by molar-refractivity contribution is 5.78. The Morgan fingerprint density at radius 3 is 2.00 bits per heavy atom. The lowest BCUT2D eigenvalue weighted by Crippen LogP contribution is -2.18. The highest BCUT2D eigenvalue weighted by Crippen LogP contribution is 2.22. The van der Waals surface area contributed by atoms with Crippen LogP contribution in [-0.2, 0) is 9.53 Å². The number of alkyl halides is 6. The summed E-state index contributed by atoms with van der Waals surface area (Å²) in [5.74, 6) is -0.531. The first-order valence-corrected chi connectivity index (χ1v) is 4.83. The minimum Gasteiger partial charge on any atom is -0.372 e. The van der Waals surface area contributed by atoms with Gasteiger partial charge in [-0.25, -0.2) is 0 Å². The van der Waals surface area contributed by atoms with Crippen molar-refractivity contribution >= 4 is 5.78 Å². The first-order valence-electron chi connectivity index (χ1n) is 4.83. The van der Waals surface area contributed by atoms with E-state index in [1.807, 2.05) is 0 Å². The Morgan fingerprint density at radius 1 is 0.941 bits per heavy atom. The molecule has 0 radical (unpaired) electrons.